The Hall–Kier alpha value is -1.58. The smallest absolute Gasteiger partial charge is 0.0709 e. The fraction of sp³-hybridized carbons (Fsp3) is 0. The molecule has 2 aromatic carbocycles. The number of anilines is 1. The maximum absolute atomic E-state index is 5.96. The molecule has 0 aliphatic carbocycles. The maximum Gasteiger partial charge on any atom is 0.0709 e. The summed E-state index contributed by atoms with van der Waals surface area (Å²) in [4.78, 5) is 2.61. The average Bonchev–Trinajstić information content (AvgIpc) is 2.69. The Labute approximate surface area is 97.2 Å². The van der Waals surface area contributed by atoms with Crippen molar-refractivity contribution in [3.63, 3.8) is 0 Å². The molecule has 0 amide bonds. The second-order valence-electron chi connectivity index (χ2n) is 3.63. The Morgan fingerprint density at radius 3 is 2.38 bits per heavy atom. The molecule has 0 saturated carbocycles. The molecule has 2 nitrogen and oxygen atoms in total. The van der Waals surface area contributed by atoms with Crippen LogP contribution < -0.4 is 10.9 Å². The summed E-state index contributed by atoms with van der Waals surface area (Å²) in [6, 6.07) is 18.8. The van der Waals surface area contributed by atoms with Crippen LogP contribution in [0, 0.1) is 0 Å². The topological polar surface area (TPSA) is 29.3 Å². The van der Waals surface area contributed by atoms with Gasteiger partial charge in [0.25, 0.3) is 0 Å². The Bertz CT molecular complexity index is 549. The number of hydrogen-bond donors (Lipinski definition) is 1. The van der Waals surface area contributed by atoms with Gasteiger partial charge in [0.2, 0.25) is 0 Å². The van der Waals surface area contributed by atoms with E-state index in [1.165, 1.54) is 9.79 Å². The molecule has 0 saturated heterocycles. The minimum Gasteiger partial charge on any atom is -0.280 e. The molecule has 0 fully saturated rings. The molecule has 2 aromatic rings. The maximum atomic E-state index is 5.96. The first-order chi connectivity index (χ1) is 7.86. The lowest BCUT2D eigenvalue weighted by Crippen LogP contribution is -2.26. The van der Waals surface area contributed by atoms with Crippen molar-refractivity contribution in [2.45, 2.75) is 9.79 Å². The van der Waals surface area contributed by atoms with Crippen LogP contribution in [0.1, 0.15) is 0 Å². The lowest BCUT2D eigenvalue weighted by atomic mass is 10.3. The minimum atomic E-state index is -0.0198. The van der Waals surface area contributed by atoms with Crippen LogP contribution in [0.15, 0.2) is 64.4 Å². The zero-order valence-corrected chi connectivity index (χ0v) is 9.52. The number of hydrogen-bond acceptors (Lipinski definition) is 2. The standard InChI is InChI=1S/C13H12N2S/c14-15-10-16(11-6-2-1-3-7-11)13-9-5-4-8-12(13)15/h1-10H,14H2. The van der Waals surface area contributed by atoms with E-state index < -0.39 is 0 Å². The van der Waals surface area contributed by atoms with E-state index in [1.807, 2.05) is 12.1 Å². The molecule has 3 heteroatoms. The summed E-state index contributed by atoms with van der Waals surface area (Å²) in [5.41, 5.74) is 3.19. The van der Waals surface area contributed by atoms with Crippen molar-refractivity contribution >= 4 is 21.7 Å². The number of nitrogens with zero attached hydrogens (tertiary/aromatic N) is 1. The van der Waals surface area contributed by atoms with Crippen molar-refractivity contribution in [3.05, 3.63) is 54.6 Å². The van der Waals surface area contributed by atoms with Gasteiger partial charge in [-0.25, -0.2) is 5.84 Å². The molecule has 16 heavy (non-hydrogen) atoms. The Balaban J connectivity index is 2.15. The van der Waals surface area contributed by atoms with E-state index in [0.717, 1.165) is 5.69 Å². The number of rotatable bonds is 1. The minimum absolute atomic E-state index is 0.0198. The third-order valence-corrected chi connectivity index (χ3v) is 4.63. The third kappa shape index (κ3) is 1.45. The first-order valence-electron chi connectivity index (χ1n) is 5.12. The summed E-state index contributed by atoms with van der Waals surface area (Å²) in [5, 5.41) is 1.73. The number of hydrazine groups is 1. The first kappa shape index (κ1) is 9.63. The van der Waals surface area contributed by atoms with Crippen LogP contribution in [0.25, 0.3) is 0 Å². The summed E-state index contributed by atoms with van der Waals surface area (Å²) in [6.07, 6.45) is 0. The molecule has 1 aliphatic heterocycles. The molecule has 1 unspecified atom stereocenters. The molecule has 2 N–H and O–H groups in total. The number of fused-ring (bicyclic) bond motifs is 1. The van der Waals surface area contributed by atoms with Gasteiger partial charge in [0.15, 0.2) is 0 Å². The normalized spacial score (nSPS) is 18.1. The summed E-state index contributed by atoms with van der Waals surface area (Å²) in [5.74, 6) is 5.96. The molecule has 0 radical (unpaired) electrons. The van der Waals surface area contributed by atoms with Gasteiger partial charge < -0.3 is 0 Å². The van der Waals surface area contributed by atoms with Crippen LogP contribution in [0.5, 0.6) is 0 Å². The highest BCUT2D eigenvalue weighted by Gasteiger charge is 2.17. The van der Waals surface area contributed by atoms with Crippen LogP contribution in [0.3, 0.4) is 0 Å². The van der Waals surface area contributed by atoms with Crippen molar-refractivity contribution in [1.29, 1.82) is 0 Å². The van der Waals surface area contributed by atoms with Gasteiger partial charge in [-0.2, -0.15) is 0 Å². The van der Waals surface area contributed by atoms with E-state index >= 15 is 0 Å². The average molecular weight is 228 g/mol. The predicted molar refractivity (Wildman–Crippen MR) is 69.7 cm³/mol. The lowest BCUT2D eigenvalue weighted by Gasteiger charge is -2.08. The fourth-order valence-electron chi connectivity index (χ4n) is 1.84. The molecule has 3 rings (SSSR count). The Morgan fingerprint density at radius 2 is 1.56 bits per heavy atom. The second-order valence-corrected chi connectivity index (χ2v) is 5.43. The van der Waals surface area contributed by atoms with Crippen molar-refractivity contribution < 1.29 is 0 Å². The number of nitrogens with two attached hydrogens (primary N) is 1. The Morgan fingerprint density at radius 1 is 0.875 bits per heavy atom. The third-order valence-electron chi connectivity index (χ3n) is 2.60. The molecule has 0 bridgehead atoms. The van der Waals surface area contributed by atoms with Gasteiger partial charge in [0.05, 0.1) is 11.2 Å². The summed E-state index contributed by atoms with van der Waals surface area (Å²) < 4.78 is 0. The SMILES string of the molecule is NN1C=S(c2ccccc2)c2ccccc21. The summed E-state index contributed by atoms with van der Waals surface area (Å²) in [7, 11) is -0.0198. The zero-order chi connectivity index (χ0) is 11.0. The van der Waals surface area contributed by atoms with Crippen LogP contribution in [0.4, 0.5) is 5.69 Å². The van der Waals surface area contributed by atoms with Crippen LogP contribution in [-0.4, -0.2) is 5.49 Å². The summed E-state index contributed by atoms with van der Waals surface area (Å²) in [6.45, 7) is 0. The van der Waals surface area contributed by atoms with Gasteiger partial charge >= 0.3 is 0 Å². The highest BCUT2D eigenvalue weighted by Crippen LogP contribution is 2.44. The first-order valence-corrected chi connectivity index (χ1v) is 6.41. The number of benzene rings is 2. The highest BCUT2D eigenvalue weighted by molar-refractivity contribution is 8.15. The van der Waals surface area contributed by atoms with Gasteiger partial charge in [-0.3, -0.25) is 5.01 Å². The van der Waals surface area contributed by atoms with Crippen LogP contribution in [0.2, 0.25) is 0 Å². The van der Waals surface area contributed by atoms with Gasteiger partial charge in [-0.1, -0.05) is 30.3 Å². The van der Waals surface area contributed by atoms with E-state index in [2.05, 4.69) is 48.0 Å². The zero-order valence-electron chi connectivity index (χ0n) is 8.71. The highest BCUT2D eigenvalue weighted by atomic mass is 32.2. The van der Waals surface area contributed by atoms with E-state index in [-0.39, 0.29) is 10.5 Å². The van der Waals surface area contributed by atoms with E-state index in [4.69, 9.17) is 5.84 Å². The molecule has 0 aromatic heterocycles. The van der Waals surface area contributed by atoms with Crippen molar-refractivity contribution in [2.75, 3.05) is 5.01 Å². The van der Waals surface area contributed by atoms with Gasteiger partial charge in [0, 0.05) is 9.79 Å². The molecule has 1 heterocycles. The van der Waals surface area contributed by atoms with Crippen LogP contribution >= 0.6 is 10.5 Å². The molecular weight excluding hydrogens is 216 g/mol. The Kier molecular flexibility index (Phi) is 2.27. The van der Waals surface area contributed by atoms with Gasteiger partial charge in [-0.15, -0.1) is 10.5 Å². The largest absolute Gasteiger partial charge is 0.280 e. The lowest BCUT2D eigenvalue weighted by molar-refractivity contribution is 1.15. The van der Waals surface area contributed by atoms with E-state index in [9.17, 15) is 0 Å². The van der Waals surface area contributed by atoms with E-state index in [0.29, 0.717) is 0 Å². The summed E-state index contributed by atoms with van der Waals surface area (Å²) >= 11 is 0. The van der Waals surface area contributed by atoms with Crippen molar-refractivity contribution in [3.8, 4) is 0 Å². The molecule has 0 spiro atoms. The molecule has 80 valence electrons. The number of para-hydroxylation sites is 1. The molecular formula is C13H12N2S. The van der Waals surface area contributed by atoms with Gasteiger partial charge in [0.1, 0.15) is 0 Å². The molecule has 1 aliphatic rings. The van der Waals surface area contributed by atoms with Crippen molar-refractivity contribution in [2.24, 2.45) is 5.84 Å². The van der Waals surface area contributed by atoms with Crippen molar-refractivity contribution in [1.82, 2.24) is 0 Å². The fourth-order valence-corrected chi connectivity index (χ4v) is 3.74. The molecule has 1 atom stereocenters. The quantitative estimate of drug-likeness (QED) is 0.600. The predicted octanol–water partition coefficient (Wildman–Crippen LogP) is 2.83. The monoisotopic (exact) mass is 228 g/mol. The van der Waals surface area contributed by atoms with E-state index in [1.54, 1.807) is 5.01 Å². The van der Waals surface area contributed by atoms with Crippen LogP contribution in [-0.2, 0) is 0 Å². The second kappa shape index (κ2) is 3.77. The van der Waals surface area contributed by atoms with Gasteiger partial charge in [-0.05, 0) is 24.3 Å².